The minimum atomic E-state index is -0.479. The third-order valence-corrected chi connectivity index (χ3v) is 4.44. The number of piperidine rings is 1. The molecule has 1 aromatic rings. The number of aliphatic hydroxyl groups is 1. The van der Waals surface area contributed by atoms with E-state index in [1.807, 2.05) is 11.0 Å². The van der Waals surface area contributed by atoms with Crippen LogP contribution in [0.3, 0.4) is 0 Å². The maximum absolute atomic E-state index is 12.5. The van der Waals surface area contributed by atoms with Crippen LogP contribution < -0.4 is 14.8 Å². The first-order valence-corrected chi connectivity index (χ1v) is 8.64. The van der Waals surface area contributed by atoms with Crippen LogP contribution in [0.2, 0.25) is 0 Å². The number of nitriles is 1. The summed E-state index contributed by atoms with van der Waals surface area (Å²) in [7, 11) is 3.05. The van der Waals surface area contributed by atoms with Gasteiger partial charge in [-0.1, -0.05) is 0 Å². The minimum Gasteiger partial charge on any atom is -0.493 e. The van der Waals surface area contributed by atoms with Crippen molar-refractivity contribution in [2.75, 3.05) is 32.7 Å². The van der Waals surface area contributed by atoms with E-state index >= 15 is 0 Å². The van der Waals surface area contributed by atoms with Gasteiger partial charge in [0.2, 0.25) is 0 Å². The second-order valence-corrected chi connectivity index (χ2v) is 6.08. The van der Waals surface area contributed by atoms with Gasteiger partial charge in [0, 0.05) is 37.1 Å². The molecule has 1 saturated heterocycles. The van der Waals surface area contributed by atoms with Crippen LogP contribution >= 0.6 is 0 Å². The fourth-order valence-corrected chi connectivity index (χ4v) is 3.07. The Morgan fingerprint density at radius 3 is 2.81 bits per heavy atom. The number of hydrogen-bond acceptors (Lipinski definition) is 6. The van der Waals surface area contributed by atoms with Gasteiger partial charge >= 0.3 is 0 Å². The van der Waals surface area contributed by atoms with Crippen molar-refractivity contribution in [3.05, 3.63) is 30.0 Å². The molecule has 2 rings (SSSR count). The summed E-state index contributed by atoms with van der Waals surface area (Å²) in [6.07, 6.45) is 5.29. The number of amides is 1. The third kappa shape index (κ3) is 4.90. The van der Waals surface area contributed by atoms with Crippen LogP contribution in [0.5, 0.6) is 11.5 Å². The number of carbonyl (C=O) groups is 1. The zero-order valence-corrected chi connectivity index (χ0v) is 15.2. The number of nitrogens with one attached hydrogen (secondary N) is 1. The largest absolute Gasteiger partial charge is 0.493 e. The van der Waals surface area contributed by atoms with Crippen molar-refractivity contribution in [1.82, 2.24) is 4.90 Å². The van der Waals surface area contributed by atoms with E-state index in [2.05, 4.69) is 5.32 Å². The van der Waals surface area contributed by atoms with E-state index in [4.69, 9.17) is 9.47 Å². The van der Waals surface area contributed by atoms with Crippen molar-refractivity contribution in [3.8, 4) is 17.6 Å². The van der Waals surface area contributed by atoms with Gasteiger partial charge in [-0.05, 0) is 37.8 Å². The smallest absolute Gasteiger partial charge is 0.267 e. The molecule has 7 nitrogen and oxygen atoms in total. The van der Waals surface area contributed by atoms with E-state index in [1.54, 1.807) is 24.4 Å². The van der Waals surface area contributed by atoms with Gasteiger partial charge in [0.15, 0.2) is 11.5 Å². The van der Waals surface area contributed by atoms with Crippen molar-refractivity contribution in [2.24, 2.45) is 0 Å². The van der Waals surface area contributed by atoms with E-state index in [0.29, 0.717) is 23.6 Å². The first kappa shape index (κ1) is 19.6. The second kappa shape index (κ2) is 9.68. The van der Waals surface area contributed by atoms with Gasteiger partial charge < -0.3 is 24.8 Å². The maximum atomic E-state index is 12.5. The molecule has 0 bridgehead atoms. The van der Waals surface area contributed by atoms with Crippen molar-refractivity contribution in [2.45, 2.75) is 31.7 Å². The number of carbonyl (C=O) groups excluding carboxylic acids is 1. The number of aliphatic hydroxyl groups excluding tert-OH is 1. The summed E-state index contributed by atoms with van der Waals surface area (Å²) in [5, 5.41) is 21.3. The number of ether oxygens (including phenoxy) is 2. The van der Waals surface area contributed by atoms with E-state index in [0.717, 1.165) is 25.8 Å². The molecule has 1 amide bonds. The van der Waals surface area contributed by atoms with Crippen molar-refractivity contribution >= 4 is 11.6 Å². The molecule has 1 fully saturated rings. The van der Waals surface area contributed by atoms with Crippen LogP contribution in [-0.2, 0) is 4.79 Å². The molecule has 1 aromatic carbocycles. The predicted octanol–water partition coefficient (Wildman–Crippen LogP) is 2.29. The fourth-order valence-electron chi connectivity index (χ4n) is 3.07. The number of benzene rings is 1. The number of methoxy groups -OCH3 is 2. The Kier molecular flexibility index (Phi) is 7.30. The predicted molar refractivity (Wildman–Crippen MR) is 97.9 cm³/mol. The Labute approximate surface area is 153 Å². The SMILES string of the molecule is COc1ccc(NC(=O)/C(C#N)=C\N2CCCCC2CCO)cc1OC. The Bertz CT molecular complexity index is 695. The monoisotopic (exact) mass is 359 g/mol. The molecule has 1 aliphatic heterocycles. The lowest BCUT2D eigenvalue weighted by Gasteiger charge is -2.34. The van der Waals surface area contributed by atoms with Crippen LogP contribution in [0.15, 0.2) is 30.0 Å². The van der Waals surface area contributed by atoms with E-state index in [9.17, 15) is 15.2 Å². The summed E-state index contributed by atoms with van der Waals surface area (Å²) in [6.45, 7) is 0.869. The van der Waals surface area contributed by atoms with Crippen molar-refractivity contribution < 1.29 is 19.4 Å². The number of nitrogens with zero attached hydrogens (tertiary/aromatic N) is 2. The second-order valence-electron chi connectivity index (χ2n) is 6.08. The summed E-state index contributed by atoms with van der Waals surface area (Å²) >= 11 is 0. The molecule has 7 heteroatoms. The lowest BCUT2D eigenvalue weighted by molar-refractivity contribution is -0.112. The van der Waals surface area contributed by atoms with Crippen LogP contribution in [0.25, 0.3) is 0 Å². The van der Waals surface area contributed by atoms with E-state index in [-0.39, 0.29) is 18.2 Å². The molecule has 0 aliphatic carbocycles. The molecule has 140 valence electrons. The zero-order valence-electron chi connectivity index (χ0n) is 15.2. The normalized spacial score (nSPS) is 17.4. The van der Waals surface area contributed by atoms with Crippen LogP contribution in [-0.4, -0.2) is 49.3 Å². The van der Waals surface area contributed by atoms with Crippen molar-refractivity contribution in [1.29, 1.82) is 5.26 Å². The minimum absolute atomic E-state index is 0.0321. The van der Waals surface area contributed by atoms with Gasteiger partial charge in [-0.2, -0.15) is 5.26 Å². The molecule has 1 unspecified atom stereocenters. The Balaban J connectivity index is 2.14. The molecule has 26 heavy (non-hydrogen) atoms. The summed E-state index contributed by atoms with van der Waals surface area (Å²) < 4.78 is 10.4. The summed E-state index contributed by atoms with van der Waals surface area (Å²) in [4.78, 5) is 14.5. The Morgan fingerprint density at radius 1 is 1.38 bits per heavy atom. The quantitative estimate of drug-likeness (QED) is 0.573. The number of likely N-dealkylation sites (tertiary alicyclic amines) is 1. The average molecular weight is 359 g/mol. The van der Waals surface area contributed by atoms with Gasteiger partial charge in [-0.25, -0.2) is 0 Å². The summed E-state index contributed by atoms with van der Waals surface area (Å²) in [6, 6.07) is 7.14. The average Bonchev–Trinajstić information content (AvgIpc) is 2.67. The summed E-state index contributed by atoms with van der Waals surface area (Å²) in [5.41, 5.74) is 0.545. The van der Waals surface area contributed by atoms with Gasteiger partial charge in [0.05, 0.1) is 14.2 Å². The summed E-state index contributed by atoms with van der Waals surface area (Å²) in [5.74, 6) is 0.571. The molecular formula is C19H25N3O4. The standard InChI is InChI=1S/C19H25N3O4/c1-25-17-7-6-15(11-18(17)26-2)21-19(24)14(12-20)13-22-9-4-3-5-16(22)8-10-23/h6-7,11,13,16,23H,3-5,8-10H2,1-2H3,(H,21,24)/b14-13-. The molecule has 1 aliphatic rings. The van der Waals surface area contributed by atoms with Gasteiger partial charge in [-0.3, -0.25) is 4.79 Å². The highest BCUT2D eigenvalue weighted by atomic mass is 16.5. The van der Waals surface area contributed by atoms with E-state index < -0.39 is 5.91 Å². The molecular weight excluding hydrogens is 334 g/mol. The molecule has 1 atom stereocenters. The molecule has 0 radical (unpaired) electrons. The molecule has 1 heterocycles. The molecule has 0 spiro atoms. The van der Waals surface area contributed by atoms with Crippen LogP contribution in [0.4, 0.5) is 5.69 Å². The number of anilines is 1. The number of hydrogen-bond donors (Lipinski definition) is 2. The van der Waals surface area contributed by atoms with Gasteiger partial charge in [0.1, 0.15) is 11.6 Å². The zero-order chi connectivity index (χ0) is 18.9. The van der Waals surface area contributed by atoms with Crippen LogP contribution in [0, 0.1) is 11.3 Å². The van der Waals surface area contributed by atoms with Gasteiger partial charge in [0.25, 0.3) is 5.91 Å². The number of rotatable bonds is 7. The molecule has 2 N–H and O–H groups in total. The molecule has 0 saturated carbocycles. The van der Waals surface area contributed by atoms with Crippen LogP contribution in [0.1, 0.15) is 25.7 Å². The first-order chi connectivity index (χ1) is 12.6. The highest BCUT2D eigenvalue weighted by molar-refractivity contribution is 6.06. The highest BCUT2D eigenvalue weighted by Crippen LogP contribution is 2.30. The lowest BCUT2D eigenvalue weighted by atomic mass is 10.00. The molecule has 0 aromatic heterocycles. The lowest BCUT2D eigenvalue weighted by Crippen LogP contribution is -2.37. The Morgan fingerprint density at radius 2 is 2.15 bits per heavy atom. The Hall–Kier alpha value is -2.72. The highest BCUT2D eigenvalue weighted by Gasteiger charge is 2.21. The topological polar surface area (TPSA) is 94.8 Å². The fraction of sp³-hybridized carbons (Fsp3) is 0.474. The third-order valence-electron chi connectivity index (χ3n) is 4.44. The van der Waals surface area contributed by atoms with Crippen molar-refractivity contribution in [3.63, 3.8) is 0 Å². The maximum Gasteiger partial charge on any atom is 0.267 e. The van der Waals surface area contributed by atoms with E-state index in [1.165, 1.54) is 14.2 Å². The first-order valence-electron chi connectivity index (χ1n) is 8.64. The van der Waals surface area contributed by atoms with Gasteiger partial charge in [-0.15, -0.1) is 0 Å².